The highest BCUT2D eigenvalue weighted by molar-refractivity contribution is 7.07. The van der Waals surface area contributed by atoms with Gasteiger partial charge in [0, 0.05) is 12.4 Å². The molecular formula is C12H16N2O3S. The average molecular weight is 268 g/mol. The summed E-state index contributed by atoms with van der Waals surface area (Å²) in [6.07, 6.45) is 0. The molecule has 1 aliphatic carbocycles. The van der Waals surface area contributed by atoms with E-state index < -0.39 is 23.2 Å². The zero-order chi connectivity index (χ0) is 13.5. The average Bonchev–Trinajstić information content (AvgIpc) is 2.63. The van der Waals surface area contributed by atoms with Crippen LogP contribution in [0.1, 0.15) is 19.5 Å². The quantitative estimate of drug-likeness (QED) is 0.897. The van der Waals surface area contributed by atoms with Crippen molar-refractivity contribution in [1.29, 1.82) is 0 Å². The van der Waals surface area contributed by atoms with E-state index in [-0.39, 0.29) is 5.91 Å². The van der Waals surface area contributed by atoms with E-state index in [1.165, 1.54) is 11.3 Å². The van der Waals surface area contributed by atoms with Crippen LogP contribution in [0.4, 0.5) is 0 Å². The van der Waals surface area contributed by atoms with Crippen LogP contribution < -0.4 is 0 Å². The van der Waals surface area contributed by atoms with Crippen molar-refractivity contribution >= 4 is 23.2 Å². The third-order valence-electron chi connectivity index (χ3n) is 3.62. The maximum Gasteiger partial charge on any atom is 0.307 e. The number of aliphatic carboxylic acids is 1. The maximum atomic E-state index is 12.2. The molecule has 6 heteroatoms. The summed E-state index contributed by atoms with van der Waals surface area (Å²) in [5.41, 5.74) is 2.11. The highest BCUT2D eigenvalue weighted by atomic mass is 32.1. The summed E-state index contributed by atoms with van der Waals surface area (Å²) >= 11 is 1.48. The summed E-state index contributed by atoms with van der Waals surface area (Å²) < 4.78 is 0. The van der Waals surface area contributed by atoms with Crippen LogP contribution in [0.5, 0.6) is 0 Å². The molecule has 2 atom stereocenters. The first-order valence-electron chi connectivity index (χ1n) is 5.70. The fourth-order valence-corrected chi connectivity index (χ4v) is 2.98. The van der Waals surface area contributed by atoms with Crippen LogP contribution in [0.3, 0.4) is 0 Å². The van der Waals surface area contributed by atoms with E-state index in [9.17, 15) is 9.59 Å². The molecule has 18 heavy (non-hydrogen) atoms. The number of carboxylic acid groups (broad SMARTS) is 1. The van der Waals surface area contributed by atoms with Crippen LogP contribution in [0.25, 0.3) is 0 Å². The van der Waals surface area contributed by atoms with Gasteiger partial charge in [0.15, 0.2) is 0 Å². The second-order valence-electron chi connectivity index (χ2n) is 5.29. The summed E-state index contributed by atoms with van der Waals surface area (Å²) in [6, 6.07) is 0. The van der Waals surface area contributed by atoms with Crippen LogP contribution in [-0.2, 0) is 16.1 Å². The van der Waals surface area contributed by atoms with Gasteiger partial charge in [-0.25, -0.2) is 4.98 Å². The minimum Gasteiger partial charge on any atom is -0.481 e. The number of rotatable bonds is 4. The normalized spacial score (nSPS) is 24.6. The first-order chi connectivity index (χ1) is 8.35. The molecule has 1 aromatic heterocycles. The monoisotopic (exact) mass is 268 g/mol. The molecule has 0 radical (unpaired) electrons. The highest BCUT2D eigenvalue weighted by Crippen LogP contribution is 2.58. The number of carbonyl (C=O) groups is 2. The van der Waals surface area contributed by atoms with Crippen molar-refractivity contribution in [3.05, 3.63) is 16.6 Å². The Kier molecular flexibility index (Phi) is 3.14. The molecule has 1 amide bonds. The largest absolute Gasteiger partial charge is 0.481 e. The van der Waals surface area contributed by atoms with Gasteiger partial charge in [-0.3, -0.25) is 9.59 Å². The first kappa shape index (κ1) is 13.0. The Labute approximate surface area is 109 Å². The third kappa shape index (κ3) is 2.12. The minimum absolute atomic E-state index is 0.111. The Morgan fingerprint density at radius 2 is 2.17 bits per heavy atom. The van der Waals surface area contributed by atoms with Gasteiger partial charge in [-0.2, -0.15) is 0 Å². The second kappa shape index (κ2) is 4.35. The van der Waals surface area contributed by atoms with E-state index in [4.69, 9.17) is 5.11 Å². The van der Waals surface area contributed by atoms with Crippen molar-refractivity contribution in [1.82, 2.24) is 9.88 Å². The minimum atomic E-state index is -0.889. The lowest BCUT2D eigenvalue weighted by Crippen LogP contribution is -2.29. The number of thiazole rings is 1. The fraction of sp³-hybridized carbons (Fsp3) is 0.583. The van der Waals surface area contributed by atoms with Crippen LogP contribution in [0.15, 0.2) is 10.9 Å². The molecule has 1 aliphatic rings. The van der Waals surface area contributed by atoms with Crippen molar-refractivity contribution in [2.24, 2.45) is 17.3 Å². The third-order valence-corrected chi connectivity index (χ3v) is 4.25. The molecule has 1 N–H and O–H groups in total. The number of amides is 1. The predicted molar refractivity (Wildman–Crippen MR) is 67.0 cm³/mol. The topological polar surface area (TPSA) is 70.5 Å². The number of nitrogens with zero attached hydrogens (tertiary/aromatic N) is 2. The van der Waals surface area contributed by atoms with Gasteiger partial charge in [0.25, 0.3) is 0 Å². The van der Waals surface area contributed by atoms with Crippen molar-refractivity contribution in [2.75, 3.05) is 7.05 Å². The van der Waals surface area contributed by atoms with Gasteiger partial charge >= 0.3 is 5.97 Å². The zero-order valence-corrected chi connectivity index (χ0v) is 11.4. The molecule has 0 bridgehead atoms. The van der Waals surface area contributed by atoms with Crippen molar-refractivity contribution in [3.63, 3.8) is 0 Å². The highest BCUT2D eigenvalue weighted by Gasteiger charge is 2.66. The molecule has 0 spiro atoms. The van der Waals surface area contributed by atoms with E-state index in [0.29, 0.717) is 6.54 Å². The van der Waals surface area contributed by atoms with Crippen LogP contribution in [0, 0.1) is 17.3 Å². The number of hydrogen-bond acceptors (Lipinski definition) is 4. The summed E-state index contributed by atoms with van der Waals surface area (Å²) in [4.78, 5) is 28.9. The Morgan fingerprint density at radius 1 is 1.50 bits per heavy atom. The first-order valence-corrected chi connectivity index (χ1v) is 6.65. The number of aromatic nitrogens is 1. The van der Waals surface area contributed by atoms with E-state index in [0.717, 1.165) is 5.69 Å². The maximum absolute atomic E-state index is 12.2. The van der Waals surface area contributed by atoms with Gasteiger partial charge in [0.1, 0.15) is 0 Å². The Bertz CT molecular complexity index is 470. The number of hydrogen-bond donors (Lipinski definition) is 1. The molecule has 2 unspecified atom stereocenters. The van der Waals surface area contributed by atoms with E-state index in [1.807, 2.05) is 19.2 Å². The van der Waals surface area contributed by atoms with Crippen molar-refractivity contribution < 1.29 is 14.7 Å². The van der Waals surface area contributed by atoms with Gasteiger partial charge in [0.05, 0.1) is 29.6 Å². The molecule has 98 valence electrons. The molecular weight excluding hydrogens is 252 g/mol. The molecule has 1 aromatic rings. The summed E-state index contributed by atoms with van der Waals surface area (Å²) in [5.74, 6) is -1.98. The smallest absolute Gasteiger partial charge is 0.307 e. The SMILES string of the molecule is CN(Cc1cscn1)C(=O)C1C(C(=O)O)C1(C)C. The van der Waals surface area contributed by atoms with Gasteiger partial charge in [-0.05, 0) is 5.41 Å². The molecule has 0 aliphatic heterocycles. The Morgan fingerprint density at radius 3 is 2.61 bits per heavy atom. The van der Waals surface area contributed by atoms with E-state index in [1.54, 1.807) is 17.5 Å². The number of carbonyl (C=O) groups excluding carboxylic acids is 1. The van der Waals surface area contributed by atoms with E-state index >= 15 is 0 Å². The summed E-state index contributed by atoms with van der Waals surface area (Å²) in [6.45, 7) is 4.08. The van der Waals surface area contributed by atoms with Crippen molar-refractivity contribution in [3.8, 4) is 0 Å². The lowest BCUT2D eigenvalue weighted by molar-refractivity contribution is -0.141. The lowest BCUT2D eigenvalue weighted by Gasteiger charge is -2.16. The van der Waals surface area contributed by atoms with Crippen LogP contribution >= 0.6 is 11.3 Å². The summed E-state index contributed by atoms with van der Waals surface area (Å²) in [5, 5.41) is 11.0. The van der Waals surface area contributed by atoms with E-state index in [2.05, 4.69) is 4.98 Å². The van der Waals surface area contributed by atoms with Crippen LogP contribution in [-0.4, -0.2) is 33.9 Å². The molecule has 1 saturated carbocycles. The van der Waals surface area contributed by atoms with Gasteiger partial charge in [0.2, 0.25) is 5.91 Å². The van der Waals surface area contributed by atoms with Gasteiger partial charge < -0.3 is 10.0 Å². The molecule has 1 fully saturated rings. The Balaban J connectivity index is 2.02. The lowest BCUT2D eigenvalue weighted by atomic mass is 10.1. The molecule has 1 heterocycles. The standard InChI is InChI=1S/C12H16N2O3S/c1-12(2)8(9(12)11(16)17)10(15)14(3)4-7-5-18-6-13-7/h5-6,8-9H,4H2,1-3H3,(H,16,17). The number of carboxylic acids is 1. The van der Waals surface area contributed by atoms with Gasteiger partial charge in [-0.15, -0.1) is 11.3 Å². The summed E-state index contributed by atoms with van der Waals surface area (Å²) in [7, 11) is 1.69. The van der Waals surface area contributed by atoms with Crippen molar-refractivity contribution in [2.45, 2.75) is 20.4 Å². The Hall–Kier alpha value is -1.43. The van der Waals surface area contributed by atoms with Crippen LogP contribution in [0.2, 0.25) is 0 Å². The fourth-order valence-electron chi connectivity index (χ4n) is 2.43. The molecule has 0 saturated heterocycles. The van der Waals surface area contributed by atoms with Gasteiger partial charge in [-0.1, -0.05) is 13.8 Å². The second-order valence-corrected chi connectivity index (χ2v) is 6.01. The predicted octanol–water partition coefficient (Wildman–Crippen LogP) is 1.46. The molecule has 0 aromatic carbocycles. The molecule has 5 nitrogen and oxygen atoms in total. The molecule has 2 rings (SSSR count). The zero-order valence-electron chi connectivity index (χ0n) is 10.6.